The lowest BCUT2D eigenvalue weighted by molar-refractivity contribution is 1.59. The van der Waals surface area contributed by atoms with Crippen LogP contribution in [0.3, 0.4) is 0 Å². The summed E-state index contributed by atoms with van der Waals surface area (Å²) in [7, 11) is 0. The number of rotatable bonds is 0. The second kappa shape index (κ2) is 4.54. The quantitative estimate of drug-likeness (QED) is 0.443. The van der Waals surface area contributed by atoms with Crippen LogP contribution in [-0.2, 0) is 0 Å². The van der Waals surface area contributed by atoms with Gasteiger partial charge in [-0.2, -0.15) is 0 Å². The summed E-state index contributed by atoms with van der Waals surface area (Å²) < 4.78 is 0.996. The fraction of sp³-hybridized carbons (Fsp3) is 0.111. The molecule has 0 radical (unpaired) electrons. The van der Waals surface area contributed by atoms with Gasteiger partial charge in [-0.15, -0.1) is 0 Å². The summed E-state index contributed by atoms with van der Waals surface area (Å²) in [6.07, 6.45) is 0. The standard InChI is InChI=1S/C9H7Br2N/c10-5-1-2-7-6-8(11)3-4-9(7)12/h3-4,6H,5,12H2. The van der Waals surface area contributed by atoms with Crippen molar-refractivity contribution in [1.82, 2.24) is 0 Å². The van der Waals surface area contributed by atoms with Gasteiger partial charge in [-0.25, -0.2) is 0 Å². The van der Waals surface area contributed by atoms with Crippen LogP contribution < -0.4 is 5.73 Å². The molecule has 0 aromatic heterocycles. The normalized spacial score (nSPS) is 8.83. The molecule has 1 nitrogen and oxygen atoms in total. The van der Waals surface area contributed by atoms with Gasteiger partial charge in [0.15, 0.2) is 0 Å². The Balaban J connectivity index is 3.05. The number of anilines is 1. The second-order valence-electron chi connectivity index (χ2n) is 2.17. The van der Waals surface area contributed by atoms with Crippen molar-refractivity contribution < 1.29 is 0 Å². The highest BCUT2D eigenvalue weighted by atomic mass is 79.9. The highest BCUT2D eigenvalue weighted by molar-refractivity contribution is 9.10. The van der Waals surface area contributed by atoms with E-state index in [1.807, 2.05) is 18.2 Å². The van der Waals surface area contributed by atoms with E-state index in [2.05, 4.69) is 43.7 Å². The molecule has 0 aliphatic carbocycles. The largest absolute Gasteiger partial charge is 0.398 e. The number of alkyl halides is 1. The van der Waals surface area contributed by atoms with Crippen LogP contribution in [0.15, 0.2) is 22.7 Å². The Hall–Kier alpha value is -0.460. The molecule has 1 rings (SSSR count). The van der Waals surface area contributed by atoms with E-state index in [4.69, 9.17) is 5.73 Å². The summed E-state index contributed by atoms with van der Waals surface area (Å²) >= 11 is 6.58. The third-order valence-corrected chi connectivity index (χ3v) is 2.08. The van der Waals surface area contributed by atoms with E-state index >= 15 is 0 Å². The number of benzene rings is 1. The van der Waals surface area contributed by atoms with Crippen molar-refractivity contribution in [3.05, 3.63) is 28.2 Å². The highest BCUT2D eigenvalue weighted by Crippen LogP contribution is 2.17. The fourth-order valence-corrected chi connectivity index (χ4v) is 1.27. The lowest BCUT2D eigenvalue weighted by Crippen LogP contribution is -1.89. The minimum absolute atomic E-state index is 0.666. The van der Waals surface area contributed by atoms with E-state index in [9.17, 15) is 0 Å². The van der Waals surface area contributed by atoms with Gasteiger partial charge in [0.05, 0.1) is 5.33 Å². The molecule has 0 fully saturated rings. The van der Waals surface area contributed by atoms with Crippen LogP contribution in [0.25, 0.3) is 0 Å². The van der Waals surface area contributed by atoms with E-state index in [1.165, 1.54) is 0 Å². The Morgan fingerprint density at radius 1 is 1.42 bits per heavy atom. The third-order valence-electron chi connectivity index (χ3n) is 1.31. The molecule has 1 aromatic carbocycles. The molecule has 62 valence electrons. The molecule has 0 unspecified atom stereocenters. The van der Waals surface area contributed by atoms with Crippen LogP contribution in [0, 0.1) is 11.8 Å². The predicted octanol–water partition coefficient (Wildman–Crippen LogP) is 2.78. The van der Waals surface area contributed by atoms with Crippen LogP contribution in [-0.4, -0.2) is 5.33 Å². The first-order valence-electron chi connectivity index (χ1n) is 3.34. The van der Waals surface area contributed by atoms with Crippen LogP contribution in [0.4, 0.5) is 5.69 Å². The fourth-order valence-electron chi connectivity index (χ4n) is 0.765. The number of hydrogen-bond donors (Lipinski definition) is 1. The van der Waals surface area contributed by atoms with Gasteiger partial charge in [0.2, 0.25) is 0 Å². The molecule has 2 N–H and O–H groups in total. The average Bonchev–Trinajstić information content (AvgIpc) is 2.07. The van der Waals surface area contributed by atoms with Crippen LogP contribution in [0.5, 0.6) is 0 Å². The van der Waals surface area contributed by atoms with Gasteiger partial charge in [-0.05, 0) is 18.2 Å². The molecule has 1 aromatic rings. The Morgan fingerprint density at radius 3 is 2.83 bits per heavy atom. The van der Waals surface area contributed by atoms with Gasteiger partial charge < -0.3 is 5.73 Å². The molecule has 0 atom stereocenters. The van der Waals surface area contributed by atoms with E-state index in [0.29, 0.717) is 11.0 Å². The topological polar surface area (TPSA) is 26.0 Å². The SMILES string of the molecule is Nc1ccc(Br)cc1C#CCBr. The zero-order valence-corrected chi connectivity index (χ0v) is 9.44. The first-order chi connectivity index (χ1) is 5.74. The lowest BCUT2D eigenvalue weighted by Gasteiger charge is -1.97. The Labute approximate surface area is 88.6 Å². The highest BCUT2D eigenvalue weighted by Gasteiger charge is 1.94. The molecule has 0 saturated carbocycles. The summed E-state index contributed by atoms with van der Waals surface area (Å²) in [5.41, 5.74) is 7.27. The van der Waals surface area contributed by atoms with Crippen molar-refractivity contribution in [2.75, 3.05) is 11.1 Å². The van der Waals surface area contributed by atoms with E-state index in [0.717, 1.165) is 10.0 Å². The molecule has 3 heteroatoms. The maximum Gasteiger partial charge on any atom is 0.0649 e. The number of nitrogens with two attached hydrogens (primary N) is 1. The van der Waals surface area contributed by atoms with Crippen molar-refractivity contribution >= 4 is 37.5 Å². The van der Waals surface area contributed by atoms with Gasteiger partial charge in [0.1, 0.15) is 0 Å². The van der Waals surface area contributed by atoms with E-state index in [-0.39, 0.29) is 0 Å². The Morgan fingerprint density at radius 2 is 2.17 bits per heavy atom. The molecule has 12 heavy (non-hydrogen) atoms. The second-order valence-corrected chi connectivity index (χ2v) is 3.64. The smallest absolute Gasteiger partial charge is 0.0649 e. The summed E-state index contributed by atoms with van der Waals surface area (Å²) in [6, 6.07) is 5.64. The first kappa shape index (κ1) is 9.63. The number of nitrogen functional groups attached to an aromatic ring is 1. The predicted molar refractivity (Wildman–Crippen MR) is 59.2 cm³/mol. The number of halogens is 2. The summed E-state index contributed by atoms with van der Waals surface area (Å²) in [5, 5.41) is 0.666. The molecule has 0 saturated heterocycles. The number of hydrogen-bond acceptors (Lipinski definition) is 1. The van der Waals surface area contributed by atoms with Gasteiger partial charge in [0.25, 0.3) is 0 Å². The zero-order valence-electron chi connectivity index (χ0n) is 6.27. The van der Waals surface area contributed by atoms with Gasteiger partial charge in [-0.1, -0.05) is 43.7 Å². The first-order valence-corrected chi connectivity index (χ1v) is 5.25. The maximum absolute atomic E-state index is 5.69. The van der Waals surface area contributed by atoms with Crippen molar-refractivity contribution in [2.45, 2.75) is 0 Å². The summed E-state index contributed by atoms with van der Waals surface area (Å²) in [4.78, 5) is 0. The molecule has 0 aliphatic rings. The molecule has 0 spiro atoms. The van der Waals surface area contributed by atoms with Crippen LogP contribution in [0.1, 0.15) is 5.56 Å². The van der Waals surface area contributed by atoms with E-state index in [1.54, 1.807) is 0 Å². The van der Waals surface area contributed by atoms with E-state index < -0.39 is 0 Å². The van der Waals surface area contributed by atoms with Crippen molar-refractivity contribution in [3.63, 3.8) is 0 Å². The van der Waals surface area contributed by atoms with Crippen LogP contribution in [0.2, 0.25) is 0 Å². The van der Waals surface area contributed by atoms with Crippen molar-refractivity contribution in [1.29, 1.82) is 0 Å². The average molecular weight is 289 g/mol. The molecule has 0 aliphatic heterocycles. The lowest BCUT2D eigenvalue weighted by atomic mass is 10.2. The minimum atomic E-state index is 0.666. The zero-order chi connectivity index (χ0) is 8.97. The maximum atomic E-state index is 5.69. The molecular weight excluding hydrogens is 282 g/mol. The Bertz CT molecular complexity index is 336. The van der Waals surface area contributed by atoms with Crippen molar-refractivity contribution in [3.8, 4) is 11.8 Å². The molecule has 0 bridgehead atoms. The van der Waals surface area contributed by atoms with Crippen LogP contribution >= 0.6 is 31.9 Å². The molecule has 0 amide bonds. The monoisotopic (exact) mass is 287 g/mol. The third kappa shape index (κ3) is 2.54. The molecular formula is C9H7Br2N. The summed E-state index contributed by atoms with van der Waals surface area (Å²) in [6.45, 7) is 0. The van der Waals surface area contributed by atoms with Crippen molar-refractivity contribution in [2.24, 2.45) is 0 Å². The summed E-state index contributed by atoms with van der Waals surface area (Å²) in [5.74, 6) is 5.85. The van der Waals surface area contributed by atoms with Gasteiger partial charge in [-0.3, -0.25) is 0 Å². The van der Waals surface area contributed by atoms with Gasteiger partial charge >= 0.3 is 0 Å². The van der Waals surface area contributed by atoms with Gasteiger partial charge in [0, 0.05) is 15.7 Å². The molecule has 0 heterocycles. The Kier molecular flexibility index (Phi) is 3.64. The minimum Gasteiger partial charge on any atom is -0.398 e.